The van der Waals surface area contributed by atoms with Gasteiger partial charge in [0.25, 0.3) is 0 Å². The van der Waals surface area contributed by atoms with Gasteiger partial charge in [-0.25, -0.2) is 4.98 Å². The molecule has 0 unspecified atom stereocenters. The van der Waals surface area contributed by atoms with Crippen LogP contribution < -0.4 is 5.32 Å². The number of aromatic nitrogens is 4. The van der Waals surface area contributed by atoms with Crippen LogP contribution in [0.3, 0.4) is 0 Å². The highest BCUT2D eigenvalue weighted by molar-refractivity contribution is 5.13. The Morgan fingerprint density at radius 1 is 1.28 bits per heavy atom. The molecule has 0 aliphatic carbocycles. The maximum absolute atomic E-state index is 4.48. The Morgan fingerprint density at radius 3 is 2.72 bits per heavy atom. The van der Waals surface area contributed by atoms with Crippen LogP contribution in [0, 0.1) is 13.8 Å². The van der Waals surface area contributed by atoms with Crippen molar-refractivity contribution >= 4 is 0 Å². The molecule has 2 aromatic rings. The molecule has 0 amide bonds. The minimum Gasteiger partial charge on any atom is -0.325 e. The number of nitrogens with one attached hydrogen (secondary N) is 1. The fourth-order valence-corrected chi connectivity index (χ4v) is 2.22. The van der Waals surface area contributed by atoms with Crippen LogP contribution in [0.25, 0.3) is 0 Å². The zero-order valence-electron chi connectivity index (χ0n) is 11.6. The van der Waals surface area contributed by atoms with E-state index in [4.69, 9.17) is 0 Å². The standard InChI is InChI=1S/C13H21N5/c1-5-18-12(6-10(2)16-18)9-17-11(3)15-8-13(17)7-14-4/h6,8,14H,5,7,9H2,1-4H3. The van der Waals surface area contributed by atoms with Gasteiger partial charge in [0.1, 0.15) is 5.82 Å². The highest BCUT2D eigenvalue weighted by Gasteiger charge is 2.10. The molecule has 5 nitrogen and oxygen atoms in total. The second-order valence-electron chi connectivity index (χ2n) is 4.51. The van der Waals surface area contributed by atoms with E-state index < -0.39 is 0 Å². The summed E-state index contributed by atoms with van der Waals surface area (Å²) < 4.78 is 4.29. The fraction of sp³-hybridized carbons (Fsp3) is 0.538. The fourth-order valence-electron chi connectivity index (χ4n) is 2.22. The SMILES string of the molecule is CCn1nc(C)cc1Cn1c(CNC)cnc1C. The number of aryl methyl sites for hydroxylation is 3. The van der Waals surface area contributed by atoms with Crippen molar-refractivity contribution < 1.29 is 0 Å². The highest BCUT2D eigenvalue weighted by Crippen LogP contribution is 2.11. The lowest BCUT2D eigenvalue weighted by Crippen LogP contribution is -2.15. The van der Waals surface area contributed by atoms with Gasteiger partial charge in [0, 0.05) is 19.3 Å². The molecular formula is C13H21N5. The van der Waals surface area contributed by atoms with Gasteiger partial charge in [0.2, 0.25) is 0 Å². The van der Waals surface area contributed by atoms with E-state index in [1.54, 1.807) is 0 Å². The molecule has 0 spiro atoms. The van der Waals surface area contributed by atoms with Crippen LogP contribution in [0.4, 0.5) is 0 Å². The van der Waals surface area contributed by atoms with Gasteiger partial charge in [0.05, 0.1) is 23.6 Å². The van der Waals surface area contributed by atoms with Crippen molar-refractivity contribution in [3.8, 4) is 0 Å². The van der Waals surface area contributed by atoms with Crippen LogP contribution in [-0.4, -0.2) is 26.4 Å². The summed E-state index contributed by atoms with van der Waals surface area (Å²) in [6.45, 7) is 8.75. The third kappa shape index (κ3) is 2.46. The van der Waals surface area contributed by atoms with E-state index in [-0.39, 0.29) is 0 Å². The van der Waals surface area contributed by atoms with Crippen molar-refractivity contribution in [2.45, 2.75) is 40.4 Å². The van der Waals surface area contributed by atoms with Crippen LogP contribution in [-0.2, 0) is 19.6 Å². The highest BCUT2D eigenvalue weighted by atomic mass is 15.3. The summed E-state index contributed by atoms with van der Waals surface area (Å²) in [5, 5.41) is 7.66. The summed E-state index contributed by atoms with van der Waals surface area (Å²) in [7, 11) is 1.95. The Labute approximate surface area is 108 Å². The Morgan fingerprint density at radius 2 is 2.06 bits per heavy atom. The maximum Gasteiger partial charge on any atom is 0.106 e. The summed E-state index contributed by atoms with van der Waals surface area (Å²) in [6.07, 6.45) is 1.94. The van der Waals surface area contributed by atoms with Crippen molar-refractivity contribution in [2.24, 2.45) is 0 Å². The number of rotatable bonds is 5. The number of hydrogen-bond donors (Lipinski definition) is 1. The summed E-state index contributed by atoms with van der Waals surface area (Å²) in [4.78, 5) is 4.39. The van der Waals surface area contributed by atoms with Gasteiger partial charge >= 0.3 is 0 Å². The zero-order valence-corrected chi connectivity index (χ0v) is 11.6. The first-order valence-electron chi connectivity index (χ1n) is 6.34. The second kappa shape index (κ2) is 5.35. The van der Waals surface area contributed by atoms with Crippen LogP contribution in [0.15, 0.2) is 12.3 Å². The molecule has 0 aliphatic heterocycles. The quantitative estimate of drug-likeness (QED) is 0.870. The predicted octanol–water partition coefficient (Wildman–Crippen LogP) is 1.48. The van der Waals surface area contributed by atoms with E-state index in [2.05, 4.69) is 37.6 Å². The average Bonchev–Trinajstić information content (AvgIpc) is 2.86. The molecule has 0 saturated heterocycles. The molecule has 2 aromatic heterocycles. The van der Waals surface area contributed by atoms with Crippen molar-refractivity contribution in [3.63, 3.8) is 0 Å². The minimum absolute atomic E-state index is 0.831. The van der Waals surface area contributed by atoms with Crippen LogP contribution in [0.2, 0.25) is 0 Å². The van der Waals surface area contributed by atoms with Crippen molar-refractivity contribution in [3.05, 3.63) is 35.2 Å². The normalized spacial score (nSPS) is 11.1. The van der Waals surface area contributed by atoms with Gasteiger partial charge in [-0.15, -0.1) is 0 Å². The molecule has 0 aromatic carbocycles. The Bertz CT molecular complexity index is 523. The average molecular weight is 247 g/mol. The van der Waals surface area contributed by atoms with Gasteiger partial charge in [-0.05, 0) is 33.9 Å². The molecule has 0 saturated carbocycles. The molecule has 0 aliphatic rings. The molecule has 18 heavy (non-hydrogen) atoms. The lowest BCUT2D eigenvalue weighted by molar-refractivity contribution is 0.580. The molecular weight excluding hydrogens is 226 g/mol. The van der Waals surface area contributed by atoms with Crippen LogP contribution in [0.5, 0.6) is 0 Å². The summed E-state index contributed by atoms with van der Waals surface area (Å²) in [5.74, 6) is 1.04. The smallest absolute Gasteiger partial charge is 0.106 e. The van der Waals surface area contributed by atoms with Gasteiger partial charge < -0.3 is 9.88 Å². The summed E-state index contributed by atoms with van der Waals surface area (Å²) in [5.41, 5.74) is 3.50. The van der Waals surface area contributed by atoms with Crippen LogP contribution in [0.1, 0.15) is 29.8 Å². The first-order valence-corrected chi connectivity index (χ1v) is 6.34. The molecule has 2 rings (SSSR count). The predicted molar refractivity (Wildman–Crippen MR) is 71.5 cm³/mol. The molecule has 0 fully saturated rings. The van der Waals surface area contributed by atoms with E-state index in [9.17, 15) is 0 Å². The lowest BCUT2D eigenvalue weighted by atomic mass is 10.3. The first-order chi connectivity index (χ1) is 8.65. The van der Waals surface area contributed by atoms with E-state index >= 15 is 0 Å². The van der Waals surface area contributed by atoms with E-state index in [0.29, 0.717) is 0 Å². The molecule has 0 radical (unpaired) electrons. The van der Waals surface area contributed by atoms with Crippen LogP contribution >= 0.6 is 0 Å². The molecule has 98 valence electrons. The first kappa shape index (κ1) is 12.8. The number of imidazole rings is 1. The van der Waals surface area contributed by atoms with Gasteiger partial charge in [0.15, 0.2) is 0 Å². The second-order valence-corrected chi connectivity index (χ2v) is 4.51. The van der Waals surface area contributed by atoms with E-state index in [1.165, 1.54) is 11.4 Å². The molecule has 2 heterocycles. The monoisotopic (exact) mass is 247 g/mol. The molecule has 0 atom stereocenters. The zero-order chi connectivity index (χ0) is 13.1. The summed E-state index contributed by atoms with van der Waals surface area (Å²) >= 11 is 0. The number of nitrogens with zero attached hydrogens (tertiary/aromatic N) is 4. The van der Waals surface area contributed by atoms with E-state index in [0.717, 1.165) is 31.2 Å². The van der Waals surface area contributed by atoms with Crippen molar-refractivity contribution in [2.75, 3.05) is 7.05 Å². The third-order valence-corrected chi connectivity index (χ3v) is 3.10. The molecule has 5 heteroatoms. The van der Waals surface area contributed by atoms with Gasteiger partial charge in [-0.3, -0.25) is 4.68 Å². The van der Waals surface area contributed by atoms with Crippen molar-refractivity contribution in [1.82, 2.24) is 24.6 Å². The van der Waals surface area contributed by atoms with Gasteiger partial charge in [-0.1, -0.05) is 0 Å². The van der Waals surface area contributed by atoms with E-state index in [1.807, 2.05) is 27.1 Å². The van der Waals surface area contributed by atoms with Crippen molar-refractivity contribution in [1.29, 1.82) is 0 Å². The Hall–Kier alpha value is -1.62. The third-order valence-electron chi connectivity index (χ3n) is 3.10. The molecule has 0 bridgehead atoms. The minimum atomic E-state index is 0.831. The Balaban J connectivity index is 2.30. The lowest BCUT2D eigenvalue weighted by Gasteiger charge is -2.11. The number of hydrogen-bond acceptors (Lipinski definition) is 3. The topological polar surface area (TPSA) is 47.7 Å². The molecule has 1 N–H and O–H groups in total. The Kier molecular flexibility index (Phi) is 3.81. The maximum atomic E-state index is 4.48. The summed E-state index contributed by atoms with van der Waals surface area (Å²) in [6, 6.07) is 2.14. The van der Waals surface area contributed by atoms with Gasteiger partial charge in [-0.2, -0.15) is 5.10 Å². The largest absolute Gasteiger partial charge is 0.325 e.